The molecule has 0 radical (unpaired) electrons. The summed E-state index contributed by atoms with van der Waals surface area (Å²) in [6.07, 6.45) is 1.97. The van der Waals surface area contributed by atoms with E-state index in [0.717, 1.165) is 26.6 Å². The van der Waals surface area contributed by atoms with Gasteiger partial charge in [-0.3, -0.25) is 4.79 Å². The normalized spacial score (nSPS) is 10.7. The van der Waals surface area contributed by atoms with Crippen LogP contribution in [-0.2, 0) is 17.8 Å². The number of hydrogen-bond acceptors (Lipinski definition) is 2. The van der Waals surface area contributed by atoms with Gasteiger partial charge in [0.2, 0.25) is 5.91 Å². The van der Waals surface area contributed by atoms with Gasteiger partial charge in [0.1, 0.15) is 5.58 Å². The summed E-state index contributed by atoms with van der Waals surface area (Å²) in [5, 5.41) is 3.90. The third kappa shape index (κ3) is 3.34. The summed E-state index contributed by atoms with van der Waals surface area (Å²) in [6.45, 7) is 0.541. The fourth-order valence-electron chi connectivity index (χ4n) is 2.22. The summed E-state index contributed by atoms with van der Waals surface area (Å²) in [6, 6.07) is 15.6. The van der Waals surface area contributed by atoms with Crippen LogP contribution in [-0.4, -0.2) is 5.91 Å². The number of benzene rings is 2. The van der Waals surface area contributed by atoms with Crippen molar-refractivity contribution in [1.82, 2.24) is 5.32 Å². The lowest BCUT2D eigenvalue weighted by Crippen LogP contribution is -2.24. The van der Waals surface area contributed by atoms with Crippen molar-refractivity contribution in [2.45, 2.75) is 13.0 Å². The summed E-state index contributed by atoms with van der Waals surface area (Å²) < 4.78 is 6.44. The molecule has 0 spiro atoms. The molecular weight excluding hydrogens is 330 g/mol. The van der Waals surface area contributed by atoms with Crippen molar-refractivity contribution in [3.63, 3.8) is 0 Å². The van der Waals surface area contributed by atoms with Crippen molar-refractivity contribution in [3.8, 4) is 0 Å². The zero-order chi connectivity index (χ0) is 14.7. The topological polar surface area (TPSA) is 42.2 Å². The van der Waals surface area contributed by atoms with Gasteiger partial charge < -0.3 is 9.73 Å². The second-order valence-electron chi connectivity index (χ2n) is 4.84. The van der Waals surface area contributed by atoms with E-state index in [9.17, 15) is 4.79 Å². The number of carbonyl (C=O) groups excluding carboxylic acids is 1. The quantitative estimate of drug-likeness (QED) is 0.776. The predicted octanol–water partition coefficient (Wildman–Crippen LogP) is 4.05. The monoisotopic (exact) mass is 343 g/mol. The number of rotatable bonds is 4. The minimum absolute atomic E-state index is 0.0125. The first-order valence-corrected chi connectivity index (χ1v) is 7.48. The van der Waals surface area contributed by atoms with Crippen LogP contribution >= 0.6 is 15.9 Å². The van der Waals surface area contributed by atoms with E-state index >= 15 is 0 Å². The van der Waals surface area contributed by atoms with Crippen LogP contribution in [0.2, 0.25) is 0 Å². The minimum atomic E-state index is -0.0125. The molecule has 0 aliphatic carbocycles. The van der Waals surface area contributed by atoms with E-state index in [4.69, 9.17) is 4.42 Å². The first-order valence-electron chi connectivity index (χ1n) is 6.68. The van der Waals surface area contributed by atoms with Gasteiger partial charge in [-0.1, -0.05) is 46.3 Å². The number of hydrogen-bond donors (Lipinski definition) is 1. The van der Waals surface area contributed by atoms with E-state index in [1.54, 1.807) is 6.26 Å². The molecule has 0 aliphatic rings. The zero-order valence-electron chi connectivity index (χ0n) is 11.3. The molecule has 1 amide bonds. The zero-order valence-corrected chi connectivity index (χ0v) is 12.9. The van der Waals surface area contributed by atoms with Gasteiger partial charge in [-0.25, -0.2) is 0 Å². The fraction of sp³-hybridized carbons (Fsp3) is 0.118. The number of halogens is 1. The average Bonchev–Trinajstić information content (AvgIpc) is 2.88. The van der Waals surface area contributed by atoms with Gasteiger partial charge in [-0.15, -0.1) is 0 Å². The maximum atomic E-state index is 12.0. The molecule has 3 nitrogen and oxygen atoms in total. The van der Waals surface area contributed by atoms with Crippen molar-refractivity contribution in [3.05, 3.63) is 70.4 Å². The van der Waals surface area contributed by atoms with Crippen LogP contribution in [0, 0.1) is 0 Å². The predicted molar refractivity (Wildman–Crippen MR) is 85.9 cm³/mol. The SMILES string of the molecule is O=C(Cc1coc2ccc(Br)cc12)NCc1ccccc1. The molecule has 0 atom stereocenters. The molecule has 2 aromatic carbocycles. The molecule has 4 heteroatoms. The van der Waals surface area contributed by atoms with E-state index in [1.165, 1.54) is 0 Å². The highest BCUT2D eigenvalue weighted by atomic mass is 79.9. The molecule has 3 aromatic rings. The minimum Gasteiger partial charge on any atom is -0.464 e. The Hall–Kier alpha value is -2.07. The van der Waals surface area contributed by atoms with Crippen LogP contribution in [0.1, 0.15) is 11.1 Å². The summed E-state index contributed by atoms with van der Waals surface area (Å²) in [5.74, 6) is -0.0125. The summed E-state index contributed by atoms with van der Waals surface area (Å²) in [4.78, 5) is 12.0. The molecule has 1 N–H and O–H groups in total. The standard InChI is InChI=1S/C17H14BrNO2/c18-14-6-7-16-15(9-14)13(11-21-16)8-17(20)19-10-12-4-2-1-3-5-12/h1-7,9,11H,8,10H2,(H,19,20). The molecule has 0 bridgehead atoms. The first-order chi connectivity index (χ1) is 10.2. The Bertz CT molecular complexity index is 765. The van der Waals surface area contributed by atoms with E-state index in [0.29, 0.717) is 13.0 Å². The van der Waals surface area contributed by atoms with E-state index in [-0.39, 0.29) is 5.91 Å². The van der Waals surface area contributed by atoms with Crippen LogP contribution in [0.25, 0.3) is 11.0 Å². The van der Waals surface area contributed by atoms with Gasteiger partial charge in [-0.05, 0) is 23.8 Å². The molecule has 0 aliphatic heterocycles. The van der Waals surface area contributed by atoms with Crippen LogP contribution in [0.4, 0.5) is 0 Å². The summed E-state index contributed by atoms with van der Waals surface area (Å²) in [5.41, 5.74) is 2.78. The highest BCUT2D eigenvalue weighted by Gasteiger charge is 2.10. The van der Waals surface area contributed by atoms with E-state index in [2.05, 4.69) is 21.2 Å². The smallest absolute Gasteiger partial charge is 0.224 e. The molecule has 0 unspecified atom stereocenters. The van der Waals surface area contributed by atoms with Gasteiger partial charge >= 0.3 is 0 Å². The Balaban J connectivity index is 1.67. The molecule has 0 fully saturated rings. The molecular formula is C17H14BrNO2. The molecule has 0 saturated carbocycles. The molecule has 0 saturated heterocycles. The molecule has 3 rings (SSSR count). The molecule has 21 heavy (non-hydrogen) atoms. The first kappa shape index (κ1) is 13.9. The lowest BCUT2D eigenvalue weighted by Gasteiger charge is -2.04. The Morgan fingerprint density at radius 2 is 1.95 bits per heavy atom. The number of amides is 1. The molecule has 1 aromatic heterocycles. The fourth-order valence-corrected chi connectivity index (χ4v) is 2.58. The molecule has 1 heterocycles. The van der Waals surface area contributed by atoms with E-state index in [1.807, 2.05) is 48.5 Å². The Labute approximate surface area is 131 Å². The van der Waals surface area contributed by atoms with E-state index < -0.39 is 0 Å². The summed E-state index contributed by atoms with van der Waals surface area (Å²) >= 11 is 3.44. The van der Waals surface area contributed by atoms with Crippen molar-refractivity contribution >= 4 is 32.8 Å². The Morgan fingerprint density at radius 1 is 1.14 bits per heavy atom. The van der Waals surface area contributed by atoms with Crippen LogP contribution in [0.15, 0.2) is 63.7 Å². The Morgan fingerprint density at radius 3 is 2.76 bits per heavy atom. The second kappa shape index (κ2) is 6.14. The third-order valence-corrected chi connectivity index (χ3v) is 3.79. The lowest BCUT2D eigenvalue weighted by molar-refractivity contribution is -0.120. The average molecular weight is 344 g/mol. The lowest BCUT2D eigenvalue weighted by atomic mass is 10.1. The summed E-state index contributed by atoms with van der Waals surface area (Å²) in [7, 11) is 0. The van der Waals surface area contributed by atoms with Gasteiger partial charge in [0, 0.05) is 22.0 Å². The Kier molecular flexibility index (Phi) is 4.06. The van der Waals surface area contributed by atoms with Crippen molar-refractivity contribution in [2.24, 2.45) is 0 Å². The van der Waals surface area contributed by atoms with Gasteiger partial charge in [0.15, 0.2) is 0 Å². The van der Waals surface area contributed by atoms with Crippen molar-refractivity contribution in [2.75, 3.05) is 0 Å². The highest BCUT2D eigenvalue weighted by molar-refractivity contribution is 9.10. The van der Waals surface area contributed by atoms with Crippen molar-refractivity contribution in [1.29, 1.82) is 0 Å². The van der Waals surface area contributed by atoms with Crippen LogP contribution in [0.5, 0.6) is 0 Å². The van der Waals surface area contributed by atoms with Crippen LogP contribution in [0.3, 0.4) is 0 Å². The van der Waals surface area contributed by atoms with Gasteiger partial charge in [0.25, 0.3) is 0 Å². The third-order valence-electron chi connectivity index (χ3n) is 3.30. The van der Waals surface area contributed by atoms with Crippen molar-refractivity contribution < 1.29 is 9.21 Å². The van der Waals surface area contributed by atoms with Gasteiger partial charge in [-0.2, -0.15) is 0 Å². The maximum Gasteiger partial charge on any atom is 0.224 e. The second-order valence-corrected chi connectivity index (χ2v) is 5.76. The molecule has 106 valence electrons. The number of fused-ring (bicyclic) bond motifs is 1. The number of furan rings is 1. The largest absolute Gasteiger partial charge is 0.464 e. The van der Waals surface area contributed by atoms with Crippen LogP contribution < -0.4 is 5.32 Å². The van der Waals surface area contributed by atoms with Gasteiger partial charge in [0.05, 0.1) is 12.7 Å². The number of nitrogens with one attached hydrogen (secondary N) is 1. The maximum absolute atomic E-state index is 12.0. The highest BCUT2D eigenvalue weighted by Crippen LogP contribution is 2.25. The number of carbonyl (C=O) groups is 1.